The van der Waals surface area contributed by atoms with E-state index in [1.54, 1.807) is 0 Å². The van der Waals surface area contributed by atoms with Gasteiger partial charge in [0.05, 0.1) is 16.4 Å². The lowest BCUT2D eigenvalue weighted by Crippen LogP contribution is -2.06. The standard InChI is InChI=1S/C15H16Cl2N4/c1-9-4-5-12(11(17)8-9)21-13(6-7-16)18-14-10(2)19-20(3)15(14)21/h4-5,8H,6-7H2,1-3H3. The molecular weight excluding hydrogens is 307 g/mol. The van der Waals surface area contributed by atoms with Gasteiger partial charge in [-0.05, 0) is 31.5 Å². The van der Waals surface area contributed by atoms with E-state index in [0.717, 1.165) is 33.9 Å². The molecule has 2 aromatic heterocycles. The molecule has 0 N–H and O–H groups in total. The summed E-state index contributed by atoms with van der Waals surface area (Å²) in [4.78, 5) is 4.70. The molecule has 0 aliphatic carbocycles. The van der Waals surface area contributed by atoms with Gasteiger partial charge in [0.25, 0.3) is 0 Å². The smallest absolute Gasteiger partial charge is 0.163 e. The van der Waals surface area contributed by atoms with Crippen molar-refractivity contribution in [2.45, 2.75) is 20.3 Å². The summed E-state index contributed by atoms with van der Waals surface area (Å²) >= 11 is 12.4. The van der Waals surface area contributed by atoms with E-state index in [2.05, 4.69) is 9.67 Å². The van der Waals surface area contributed by atoms with Crippen LogP contribution in [0.1, 0.15) is 17.1 Å². The molecule has 4 nitrogen and oxygen atoms in total. The second-order valence-electron chi connectivity index (χ2n) is 5.14. The fraction of sp³-hybridized carbons (Fsp3) is 0.333. The Morgan fingerprint density at radius 2 is 2.00 bits per heavy atom. The molecule has 0 amide bonds. The molecule has 0 saturated carbocycles. The number of aryl methyl sites for hydroxylation is 4. The van der Waals surface area contributed by atoms with Gasteiger partial charge in [0.2, 0.25) is 0 Å². The fourth-order valence-electron chi connectivity index (χ4n) is 2.62. The molecule has 0 aliphatic rings. The van der Waals surface area contributed by atoms with Crippen LogP contribution < -0.4 is 0 Å². The van der Waals surface area contributed by atoms with Crippen LogP contribution in [0.4, 0.5) is 0 Å². The zero-order valence-corrected chi connectivity index (χ0v) is 13.7. The summed E-state index contributed by atoms with van der Waals surface area (Å²) in [7, 11) is 1.92. The number of imidazole rings is 1. The molecule has 0 bridgehead atoms. The minimum atomic E-state index is 0.513. The van der Waals surface area contributed by atoms with Crippen LogP contribution in [-0.4, -0.2) is 25.2 Å². The molecule has 6 heteroatoms. The first kappa shape index (κ1) is 14.4. The minimum Gasteiger partial charge on any atom is -0.279 e. The van der Waals surface area contributed by atoms with Crippen LogP contribution in [0.2, 0.25) is 5.02 Å². The minimum absolute atomic E-state index is 0.513. The lowest BCUT2D eigenvalue weighted by atomic mass is 10.2. The number of benzene rings is 1. The van der Waals surface area contributed by atoms with Crippen molar-refractivity contribution in [1.29, 1.82) is 0 Å². The number of fused-ring (bicyclic) bond motifs is 1. The number of nitrogens with zero attached hydrogens (tertiary/aromatic N) is 4. The second kappa shape index (κ2) is 5.35. The average Bonchev–Trinajstić information content (AvgIpc) is 2.90. The van der Waals surface area contributed by atoms with Crippen LogP contribution in [0.25, 0.3) is 16.9 Å². The molecule has 3 rings (SSSR count). The van der Waals surface area contributed by atoms with E-state index < -0.39 is 0 Å². The van der Waals surface area contributed by atoms with E-state index in [1.165, 1.54) is 0 Å². The number of hydrogen-bond donors (Lipinski definition) is 0. The second-order valence-corrected chi connectivity index (χ2v) is 5.92. The van der Waals surface area contributed by atoms with Gasteiger partial charge in [-0.3, -0.25) is 4.57 Å². The molecule has 0 fully saturated rings. The number of rotatable bonds is 3. The maximum absolute atomic E-state index is 6.44. The quantitative estimate of drug-likeness (QED) is 0.687. The number of aromatic nitrogens is 4. The van der Waals surface area contributed by atoms with Crippen molar-refractivity contribution in [2.24, 2.45) is 7.05 Å². The molecule has 0 radical (unpaired) electrons. The Bertz CT molecular complexity index is 817. The van der Waals surface area contributed by atoms with Crippen molar-refractivity contribution in [3.05, 3.63) is 40.3 Å². The third-order valence-electron chi connectivity index (χ3n) is 3.53. The summed E-state index contributed by atoms with van der Waals surface area (Å²) in [5, 5.41) is 5.14. The Kier molecular flexibility index (Phi) is 3.68. The van der Waals surface area contributed by atoms with Gasteiger partial charge in [0.1, 0.15) is 11.3 Å². The molecule has 3 aromatic rings. The molecule has 0 atom stereocenters. The highest BCUT2D eigenvalue weighted by Crippen LogP contribution is 2.29. The van der Waals surface area contributed by atoms with Gasteiger partial charge in [0, 0.05) is 19.3 Å². The maximum atomic E-state index is 6.44. The van der Waals surface area contributed by atoms with Gasteiger partial charge in [-0.2, -0.15) is 5.10 Å². The van der Waals surface area contributed by atoms with Crippen LogP contribution in [0.3, 0.4) is 0 Å². The number of alkyl halides is 1. The Morgan fingerprint density at radius 3 is 2.67 bits per heavy atom. The molecule has 110 valence electrons. The monoisotopic (exact) mass is 322 g/mol. The van der Waals surface area contributed by atoms with Crippen molar-refractivity contribution in [2.75, 3.05) is 5.88 Å². The lowest BCUT2D eigenvalue weighted by molar-refractivity contribution is 0.751. The lowest BCUT2D eigenvalue weighted by Gasteiger charge is -2.11. The van der Waals surface area contributed by atoms with Crippen LogP contribution in [0.15, 0.2) is 18.2 Å². The molecule has 0 aliphatic heterocycles. The first-order chi connectivity index (χ1) is 10.0. The summed E-state index contributed by atoms with van der Waals surface area (Å²) in [6, 6.07) is 6.01. The van der Waals surface area contributed by atoms with Gasteiger partial charge in [-0.15, -0.1) is 11.6 Å². The Labute approximate surface area is 133 Å². The third kappa shape index (κ3) is 2.32. The third-order valence-corrected chi connectivity index (χ3v) is 4.03. The normalized spacial score (nSPS) is 11.5. The van der Waals surface area contributed by atoms with Gasteiger partial charge in [-0.25, -0.2) is 9.67 Å². The van der Waals surface area contributed by atoms with Gasteiger partial charge in [-0.1, -0.05) is 17.7 Å². The van der Waals surface area contributed by atoms with E-state index in [9.17, 15) is 0 Å². The zero-order chi connectivity index (χ0) is 15.1. The van der Waals surface area contributed by atoms with Crippen molar-refractivity contribution < 1.29 is 0 Å². The van der Waals surface area contributed by atoms with Crippen LogP contribution in [0, 0.1) is 13.8 Å². The molecule has 0 saturated heterocycles. The topological polar surface area (TPSA) is 35.6 Å². The zero-order valence-electron chi connectivity index (χ0n) is 12.2. The van der Waals surface area contributed by atoms with E-state index >= 15 is 0 Å². The first-order valence-corrected chi connectivity index (χ1v) is 7.67. The SMILES string of the molecule is Cc1ccc(-n2c(CCCl)nc3c(C)nn(C)c32)c(Cl)c1. The molecule has 0 unspecified atom stereocenters. The highest BCUT2D eigenvalue weighted by Gasteiger charge is 2.19. The van der Waals surface area contributed by atoms with E-state index in [1.807, 2.05) is 43.8 Å². The molecule has 21 heavy (non-hydrogen) atoms. The Hall–Kier alpha value is -1.52. The van der Waals surface area contributed by atoms with Crippen molar-refractivity contribution in [1.82, 2.24) is 19.3 Å². The van der Waals surface area contributed by atoms with Crippen LogP contribution in [-0.2, 0) is 13.5 Å². The summed E-state index contributed by atoms with van der Waals surface area (Å²) in [5.74, 6) is 1.42. The maximum Gasteiger partial charge on any atom is 0.163 e. The van der Waals surface area contributed by atoms with Crippen molar-refractivity contribution in [3.8, 4) is 5.69 Å². The predicted molar refractivity (Wildman–Crippen MR) is 86.7 cm³/mol. The highest BCUT2D eigenvalue weighted by atomic mass is 35.5. The summed E-state index contributed by atoms with van der Waals surface area (Å²) in [6.07, 6.45) is 0.680. The highest BCUT2D eigenvalue weighted by molar-refractivity contribution is 6.32. The Morgan fingerprint density at radius 1 is 1.24 bits per heavy atom. The Balaban J connectivity index is 2.35. The number of hydrogen-bond acceptors (Lipinski definition) is 2. The van der Waals surface area contributed by atoms with Crippen LogP contribution >= 0.6 is 23.2 Å². The van der Waals surface area contributed by atoms with Crippen LogP contribution in [0.5, 0.6) is 0 Å². The summed E-state index contributed by atoms with van der Waals surface area (Å²) in [6.45, 7) is 3.98. The van der Waals surface area contributed by atoms with E-state index in [0.29, 0.717) is 17.3 Å². The van der Waals surface area contributed by atoms with Gasteiger partial charge >= 0.3 is 0 Å². The molecular formula is C15H16Cl2N4. The van der Waals surface area contributed by atoms with Gasteiger partial charge in [0.15, 0.2) is 5.65 Å². The van der Waals surface area contributed by atoms with E-state index in [-0.39, 0.29) is 0 Å². The van der Waals surface area contributed by atoms with E-state index in [4.69, 9.17) is 28.2 Å². The van der Waals surface area contributed by atoms with Gasteiger partial charge < -0.3 is 0 Å². The molecule has 2 heterocycles. The molecule has 1 aromatic carbocycles. The first-order valence-electron chi connectivity index (χ1n) is 6.76. The van der Waals surface area contributed by atoms with Crippen molar-refractivity contribution in [3.63, 3.8) is 0 Å². The number of halogens is 2. The molecule has 0 spiro atoms. The average molecular weight is 323 g/mol. The summed E-state index contributed by atoms with van der Waals surface area (Å²) < 4.78 is 3.89. The van der Waals surface area contributed by atoms with Crippen molar-refractivity contribution >= 4 is 34.4 Å². The largest absolute Gasteiger partial charge is 0.279 e. The fourth-order valence-corrected chi connectivity index (χ4v) is 3.10. The predicted octanol–water partition coefficient (Wildman–Crippen LogP) is 3.81. The summed E-state index contributed by atoms with van der Waals surface area (Å²) in [5.41, 5.74) is 4.78.